The maximum Gasteiger partial charge on any atom is 0.305 e. The van der Waals surface area contributed by atoms with Crippen molar-refractivity contribution in [2.45, 2.75) is 32.7 Å². The molecule has 0 aliphatic rings. The van der Waals surface area contributed by atoms with Gasteiger partial charge < -0.3 is 10.4 Å². The summed E-state index contributed by atoms with van der Waals surface area (Å²) in [5, 5.41) is 23.3. The number of fused-ring (bicyclic) bond motifs is 1. The Morgan fingerprint density at radius 2 is 2.04 bits per heavy atom. The quantitative estimate of drug-likeness (QED) is 0.613. The molecule has 1 aromatic carbocycles. The van der Waals surface area contributed by atoms with Gasteiger partial charge in [0.1, 0.15) is 0 Å². The van der Waals surface area contributed by atoms with Crippen LogP contribution in [0.1, 0.15) is 36.9 Å². The third-order valence-corrected chi connectivity index (χ3v) is 5.24. The molecule has 1 unspecified atom stereocenters. The van der Waals surface area contributed by atoms with Gasteiger partial charge in [0, 0.05) is 22.2 Å². The standard InChI is InChI=1S/C16H18N2O5S/c1-9(2)16(3,8-14(19)20)17-15(21)13-7-10-6-11(18(22)23)4-5-12(10)24-13/h4-7,9H,8H2,1-3H3,(H,17,21)(H,19,20). The molecule has 1 aromatic heterocycles. The van der Waals surface area contributed by atoms with E-state index in [1.165, 1.54) is 23.5 Å². The predicted molar refractivity (Wildman–Crippen MR) is 91.4 cm³/mol. The van der Waals surface area contributed by atoms with E-state index in [9.17, 15) is 19.7 Å². The van der Waals surface area contributed by atoms with Crippen molar-refractivity contribution in [1.29, 1.82) is 0 Å². The van der Waals surface area contributed by atoms with Crippen molar-refractivity contribution in [2.75, 3.05) is 0 Å². The van der Waals surface area contributed by atoms with Gasteiger partial charge in [0.25, 0.3) is 11.6 Å². The number of hydrogen-bond donors (Lipinski definition) is 2. The van der Waals surface area contributed by atoms with Crippen molar-refractivity contribution in [3.63, 3.8) is 0 Å². The number of nitro benzene ring substituents is 1. The van der Waals surface area contributed by atoms with Crippen molar-refractivity contribution in [2.24, 2.45) is 5.92 Å². The van der Waals surface area contributed by atoms with Crippen LogP contribution in [0.4, 0.5) is 5.69 Å². The van der Waals surface area contributed by atoms with Crippen LogP contribution >= 0.6 is 11.3 Å². The molecule has 0 fully saturated rings. The van der Waals surface area contributed by atoms with Crippen molar-refractivity contribution in [3.8, 4) is 0 Å². The average molecular weight is 350 g/mol. The van der Waals surface area contributed by atoms with Crippen LogP contribution in [-0.2, 0) is 4.79 Å². The zero-order valence-corrected chi connectivity index (χ0v) is 14.3. The molecule has 7 nitrogen and oxygen atoms in total. The molecular formula is C16H18N2O5S. The Balaban J connectivity index is 2.30. The molecule has 2 N–H and O–H groups in total. The summed E-state index contributed by atoms with van der Waals surface area (Å²) in [4.78, 5) is 34.3. The highest BCUT2D eigenvalue weighted by atomic mass is 32.1. The molecule has 2 aromatic rings. The van der Waals surface area contributed by atoms with Crippen LogP contribution in [0.15, 0.2) is 24.3 Å². The van der Waals surface area contributed by atoms with Gasteiger partial charge in [-0.15, -0.1) is 11.3 Å². The Bertz CT molecular complexity index is 814. The third kappa shape index (κ3) is 3.70. The Kier molecular flexibility index (Phi) is 4.88. The molecule has 24 heavy (non-hydrogen) atoms. The average Bonchev–Trinajstić information content (AvgIpc) is 2.88. The maximum absolute atomic E-state index is 12.5. The van der Waals surface area contributed by atoms with Crippen LogP contribution in [0.5, 0.6) is 0 Å². The van der Waals surface area contributed by atoms with E-state index in [1.807, 2.05) is 13.8 Å². The fourth-order valence-corrected chi connectivity index (χ4v) is 3.22. The second-order valence-electron chi connectivity index (χ2n) is 6.19. The smallest absolute Gasteiger partial charge is 0.305 e. The Labute approximate surface area is 142 Å². The number of aliphatic carboxylic acids is 1. The van der Waals surface area contributed by atoms with Gasteiger partial charge in [-0.25, -0.2) is 0 Å². The second-order valence-corrected chi connectivity index (χ2v) is 7.27. The summed E-state index contributed by atoms with van der Waals surface area (Å²) < 4.78 is 0.759. The summed E-state index contributed by atoms with van der Waals surface area (Å²) in [5.74, 6) is -1.44. The molecule has 1 atom stereocenters. The number of carboxylic acids is 1. The highest BCUT2D eigenvalue weighted by Crippen LogP contribution is 2.30. The monoisotopic (exact) mass is 350 g/mol. The number of carbonyl (C=O) groups excluding carboxylic acids is 1. The molecule has 0 aliphatic carbocycles. The first kappa shape index (κ1) is 17.9. The van der Waals surface area contributed by atoms with E-state index in [-0.39, 0.29) is 23.9 Å². The number of nitro groups is 1. The number of rotatable bonds is 6. The summed E-state index contributed by atoms with van der Waals surface area (Å²) in [7, 11) is 0. The van der Waals surface area contributed by atoms with Crippen molar-refractivity contribution >= 4 is 39.0 Å². The number of hydrogen-bond acceptors (Lipinski definition) is 5. The number of nitrogens with one attached hydrogen (secondary N) is 1. The van der Waals surface area contributed by atoms with E-state index in [0.717, 1.165) is 4.70 Å². The largest absolute Gasteiger partial charge is 0.481 e. The highest BCUT2D eigenvalue weighted by Gasteiger charge is 2.33. The predicted octanol–water partition coefficient (Wildman–Crippen LogP) is 3.43. The van der Waals surface area contributed by atoms with Crippen molar-refractivity contribution < 1.29 is 19.6 Å². The number of non-ortho nitro benzene ring substituents is 1. The molecule has 1 amide bonds. The molecule has 0 aliphatic heterocycles. The minimum atomic E-state index is -0.988. The van der Waals surface area contributed by atoms with E-state index in [4.69, 9.17) is 5.11 Å². The Morgan fingerprint density at radius 1 is 1.38 bits per heavy atom. The third-order valence-electron chi connectivity index (χ3n) is 4.13. The van der Waals surface area contributed by atoms with Gasteiger partial charge in [0.2, 0.25) is 0 Å². The maximum atomic E-state index is 12.5. The lowest BCUT2D eigenvalue weighted by Gasteiger charge is -2.33. The first-order valence-corrected chi connectivity index (χ1v) is 8.16. The summed E-state index contributed by atoms with van der Waals surface area (Å²) in [6.45, 7) is 5.39. The summed E-state index contributed by atoms with van der Waals surface area (Å²) >= 11 is 1.22. The van der Waals surface area contributed by atoms with Crippen LogP contribution in [0.25, 0.3) is 10.1 Å². The topological polar surface area (TPSA) is 110 Å². The molecule has 8 heteroatoms. The first-order valence-electron chi connectivity index (χ1n) is 7.34. The van der Waals surface area contributed by atoms with E-state index < -0.39 is 16.4 Å². The van der Waals surface area contributed by atoms with Crippen LogP contribution in [-0.4, -0.2) is 27.4 Å². The molecule has 128 valence electrons. The zero-order valence-electron chi connectivity index (χ0n) is 13.5. The Hall–Kier alpha value is -2.48. The lowest BCUT2D eigenvalue weighted by atomic mass is 9.85. The van der Waals surface area contributed by atoms with Gasteiger partial charge in [0.15, 0.2) is 0 Å². The van der Waals surface area contributed by atoms with Crippen LogP contribution in [0.2, 0.25) is 0 Å². The van der Waals surface area contributed by atoms with Crippen LogP contribution in [0.3, 0.4) is 0 Å². The SMILES string of the molecule is CC(C)C(C)(CC(=O)O)NC(=O)c1cc2cc([N+](=O)[O-])ccc2s1. The van der Waals surface area contributed by atoms with Crippen LogP contribution in [0, 0.1) is 16.0 Å². The molecule has 0 saturated carbocycles. The minimum absolute atomic E-state index is 0.0369. The summed E-state index contributed by atoms with van der Waals surface area (Å²) in [6, 6.07) is 6.00. The van der Waals surface area contributed by atoms with Crippen molar-refractivity contribution in [3.05, 3.63) is 39.3 Å². The number of carboxylic acid groups (broad SMARTS) is 1. The van der Waals surface area contributed by atoms with Crippen molar-refractivity contribution in [1.82, 2.24) is 5.32 Å². The van der Waals surface area contributed by atoms with Gasteiger partial charge in [-0.1, -0.05) is 13.8 Å². The fraction of sp³-hybridized carbons (Fsp3) is 0.375. The number of amides is 1. The molecule has 0 saturated heterocycles. The summed E-state index contributed by atoms with van der Waals surface area (Å²) in [5.41, 5.74) is -0.921. The number of nitrogens with zero attached hydrogens (tertiary/aromatic N) is 1. The number of carbonyl (C=O) groups is 2. The Morgan fingerprint density at radius 3 is 2.58 bits per heavy atom. The molecule has 1 heterocycles. The normalized spacial score (nSPS) is 13.7. The fourth-order valence-electron chi connectivity index (χ4n) is 2.28. The minimum Gasteiger partial charge on any atom is -0.481 e. The zero-order chi connectivity index (χ0) is 18.1. The lowest BCUT2D eigenvalue weighted by molar-refractivity contribution is -0.384. The highest BCUT2D eigenvalue weighted by molar-refractivity contribution is 7.20. The van der Waals surface area contributed by atoms with Gasteiger partial charge in [0.05, 0.1) is 21.8 Å². The lowest BCUT2D eigenvalue weighted by Crippen LogP contribution is -2.51. The van der Waals surface area contributed by atoms with Crippen LogP contribution < -0.4 is 5.32 Å². The number of thiophene rings is 1. The molecule has 0 spiro atoms. The molecule has 2 rings (SSSR count). The molecule has 0 bridgehead atoms. The van der Waals surface area contributed by atoms with Gasteiger partial charge >= 0.3 is 5.97 Å². The first-order chi connectivity index (χ1) is 11.1. The van der Waals surface area contributed by atoms with Gasteiger partial charge in [-0.2, -0.15) is 0 Å². The van der Waals surface area contributed by atoms with E-state index in [2.05, 4.69) is 5.32 Å². The van der Waals surface area contributed by atoms with Gasteiger partial charge in [-0.3, -0.25) is 19.7 Å². The van der Waals surface area contributed by atoms with E-state index in [0.29, 0.717) is 10.3 Å². The second kappa shape index (κ2) is 6.56. The van der Waals surface area contributed by atoms with E-state index in [1.54, 1.807) is 19.1 Å². The van der Waals surface area contributed by atoms with E-state index >= 15 is 0 Å². The van der Waals surface area contributed by atoms with Gasteiger partial charge in [-0.05, 0) is 25.0 Å². The molecule has 0 radical (unpaired) electrons. The molecular weight excluding hydrogens is 332 g/mol. The number of benzene rings is 1. The summed E-state index contributed by atoms with van der Waals surface area (Å²) in [6.07, 6.45) is -0.188.